The zero-order chi connectivity index (χ0) is 35.3. The molecule has 276 valence electrons. The lowest BCUT2D eigenvalue weighted by atomic mass is 9.94. The van der Waals surface area contributed by atoms with Crippen molar-refractivity contribution in [1.29, 1.82) is 0 Å². The largest absolute Gasteiger partial charge is 0.394 e. The topological polar surface area (TPSA) is 347 Å². The normalized spacial score (nSPS) is 43.9. The van der Waals surface area contributed by atoms with Gasteiger partial charge in [-0.2, -0.15) is 0 Å². The average Bonchev–Trinajstić information content (AvgIpc) is 3.05. The molecule has 3 heterocycles. The summed E-state index contributed by atoms with van der Waals surface area (Å²) in [5, 5.41) is 134. The van der Waals surface area contributed by atoms with Gasteiger partial charge >= 0.3 is 0 Å². The van der Waals surface area contributed by atoms with Gasteiger partial charge < -0.3 is 100 Å². The Labute approximate surface area is 268 Å². The molecule has 47 heavy (non-hydrogen) atoms. The molecule has 0 aromatic heterocycles. The van der Waals surface area contributed by atoms with Gasteiger partial charge in [0.15, 0.2) is 18.9 Å². The van der Waals surface area contributed by atoms with Crippen molar-refractivity contribution in [1.82, 2.24) is 5.32 Å². The minimum Gasteiger partial charge on any atom is -0.394 e. The lowest BCUT2D eigenvalue weighted by Crippen LogP contribution is -2.70. The van der Waals surface area contributed by atoms with Gasteiger partial charge in [0.1, 0.15) is 91.5 Å². The molecule has 14 N–H and O–H groups in total. The number of carbonyl (C=O) groups is 1. The SMILES string of the molecule is CC(=O)N[C@H]1[C@H](O[C@H](CO)[C@@H](O)[C@H](O)[C@H](O)CO)O[C@H](CO)[C@@H](O[C@@H]2O[C@@H](C)[C@@H](O)[C@@H](O)[C@@H]2O)[C@@H]1O[C@@H]1O[C@H](CO)[C@H](O)[C@H](O)[C@H]1O. The molecular weight excluding hydrogens is 646 g/mol. The van der Waals surface area contributed by atoms with Crippen LogP contribution in [0.25, 0.3) is 0 Å². The Kier molecular flexibility index (Phi) is 15.0. The Bertz CT molecular complexity index is 965. The van der Waals surface area contributed by atoms with Crippen molar-refractivity contribution in [2.45, 2.75) is 130 Å². The summed E-state index contributed by atoms with van der Waals surface area (Å²) >= 11 is 0. The third-order valence-electron chi connectivity index (χ3n) is 8.24. The van der Waals surface area contributed by atoms with Crippen LogP contribution in [0.15, 0.2) is 0 Å². The second-order valence-electron chi connectivity index (χ2n) is 11.6. The molecular formula is C26H47NO20. The van der Waals surface area contributed by atoms with Gasteiger partial charge in [-0.1, -0.05) is 0 Å². The number of amides is 1. The molecule has 3 fully saturated rings. The summed E-state index contributed by atoms with van der Waals surface area (Å²) in [6.45, 7) is -1.41. The van der Waals surface area contributed by atoms with Crippen LogP contribution in [0.5, 0.6) is 0 Å². The van der Waals surface area contributed by atoms with E-state index in [1.807, 2.05) is 0 Å². The molecule has 0 spiro atoms. The molecule has 3 aliphatic heterocycles. The van der Waals surface area contributed by atoms with Crippen molar-refractivity contribution in [3.63, 3.8) is 0 Å². The van der Waals surface area contributed by atoms with Crippen molar-refractivity contribution < 1.29 is 99.6 Å². The van der Waals surface area contributed by atoms with Crippen LogP contribution < -0.4 is 5.32 Å². The Morgan fingerprint density at radius 3 is 1.74 bits per heavy atom. The first-order valence-electron chi connectivity index (χ1n) is 14.9. The second-order valence-corrected chi connectivity index (χ2v) is 11.6. The maximum Gasteiger partial charge on any atom is 0.217 e. The number of aliphatic hydroxyl groups excluding tert-OH is 13. The van der Waals surface area contributed by atoms with Crippen LogP contribution >= 0.6 is 0 Å². The molecule has 3 rings (SSSR count). The standard InChI is InChI=1S/C26H47NO20/c1-7-14(34)18(38)20(40)25(42-7)46-22-12(6-31)45-24(43-10(4-29)16(36)15(35)9(33)3-28)13(27-8(2)32)23(22)47-26-21(41)19(39)17(37)11(5-30)44-26/h7,9-26,28-31,33-41H,3-6H2,1-2H3,(H,27,32)/t7-,9+,10+,11+,12+,13+,14+,15+,16+,17-,18+,19-,20-,21+,22+,23+,24+,25-,26-/m0/s1. The smallest absolute Gasteiger partial charge is 0.217 e. The summed E-state index contributed by atoms with van der Waals surface area (Å²) < 4.78 is 34.3. The number of hydrogen-bond donors (Lipinski definition) is 14. The van der Waals surface area contributed by atoms with Gasteiger partial charge in [0.25, 0.3) is 0 Å². The number of ether oxygens (including phenoxy) is 6. The van der Waals surface area contributed by atoms with E-state index in [-0.39, 0.29) is 0 Å². The van der Waals surface area contributed by atoms with E-state index in [2.05, 4.69) is 5.32 Å². The van der Waals surface area contributed by atoms with E-state index in [0.29, 0.717) is 0 Å². The lowest BCUT2D eigenvalue weighted by molar-refractivity contribution is -0.377. The first-order valence-corrected chi connectivity index (χ1v) is 14.9. The summed E-state index contributed by atoms with van der Waals surface area (Å²) in [7, 11) is 0. The highest BCUT2D eigenvalue weighted by Gasteiger charge is 2.55. The fourth-order valence-electron chi connectivity index (χ4n) is 5.46. The van der Waals surface area contributed by atoms with Gasteiger partial charge in [0.2, 0.25) is 5.91 Å². The maximum absolute atomic E-state index is 12.4. The van der Waals surface area contributed by atoms with Crippen LogP contribution in [-0.2, 0) is 33.2 Å². The Hall–Kier alpha value is -1.29. The molecule has 0 bridgehead atoms. The minimum absolute atomic E-state index is 0.784. The van der Waals surface area contributed by atoms with Crippen LogP contribution in [0.4, 0.5) is 0 Å². The van der Waals surface area contributed by atoms with E-state index in [1.165, 1.54) is 6.92 Å². The molecule has 0 radical (unpaired) electrons. The molecule has 0 aromatic carbocycles. The molecule has 1 amide bonds. The Balaban J connectivity index is 2.05. The van der Waals surface area contributed by atoms with Gasteiger partial charge in [-0.15, -0.1) is 0 Å². The minimum atomic E-state index is -2.07. The maximum atomic E-state index is 12.4. The average molecular weight is 694 g/mol. The van der Waals surface area contributed by atoms with Gasteiger partial charge in [-0.05, 0) is 6.92 Å². The number of rotatable bonds is 14. The van der Waals surface area contributed by atoms with E-state index < -0.39 is 149 Å². The molecule has 3 saturated heterocycles. The Morgan fingerprint density at radius 1 is 0.681 bits per heavy atom. The van der Waals surface area contributed by atoms with Gasteiger partial charge in [0, 0.05) is 6.92 Å². The predicted octanol–water partition coefficient (Wildman–Crippen LogP) is -8.94. The van der Waals surface area contributed by atoms with Gasteiger partial charge in [-0.3, -0.25) is 4.79 Å². The summed E-state index contributed by atoms with van der Waals surface area (Å²) in [5.41, 5.74) is 0. The molecule has 21 heteroatoms. The van der Waals surface area contributed by atoms with E-state index in [4.69, 9.17) is 33.5 Å². The first kappa shape index (κ1) is 40.1. The molecule has 19 atom stereocenters. The number of aliphatic hydroxyl groups is 13. The van der Waals surface area contributed by atoms with Crippen molar-refractivity contribution >= 4 is 5.91 Å². The fourth-order valence-corrected chi connectivity index (χ4v) is 5.46. The Morgan fingerprint density at radius 2 is 1.21 bits per heavy atom. The first-order chi connectivity index (χ1) is 22.1. The molecule has 0 aromatic rings. The van der Waals surface area contributed by atoms with Crippen LogP contribution in [0.2, 0.25) is 0 Å². The van der Waals surface area contributed by atoms with Crippen molar-refractivity contribution in [3.05, 3.63) is 0 Å². The summed E-state index contributed by atoms with van der Waals surface area (Å²) in [4.78, 5) is 12.4. The highest BCUT2D eigenvalue weighted by atomic mass is 16.8. The fraction of sp³-hybridized carbons (Fsp3) is 0.962. The highest BCUT2D eigenvalue weighted by Crippen LogP contribution is 2.34. The van der Waals surface area contributed by atoms with Gasteiger partial charge in [-0.25, -0.2) is 0 Å². The number of carbonyl (C=O) groups excluding carboxylic acids is 1. The van der Waals surface area contributed by atoms with E-state index >= 15 is 0 Å². The highest BCUT2D eigenvalue weighted by molar-refractivity contribution is 5.73. The van der Waals surface area contributed by atoms with Crippen LogP contribution in [-0.4, -0.2) is 215 Å². The molecule has 0 saturated carbocycles. The second kappa shape index (κ2) is 17.6. The number of hydrogen-bond acceptors (Lipinski definition) is 20. The molecule has 3 aliphatic rings. The lowest BCUT2D eigenvalue weighted by Gasteiger charge is -2.50. The van der Waals surface area contributed by atoms with E-state index in [0.717, 1.165) is 6.92 Å². The van der Waals surface area contributed by atoms with E-state index in [9.17, 15) is 66.1 Å². The quantitative estimate of drug-likeness (QED) is 0.0803. The van der Waals surface area contributed by atoms with Crippen molar-refractivity contribution in [2.24, 2.45) is 0 Å². The van der Waals surface area contributed by atoms with Crippen LogP contribution in [0.3, 0.4) is 0 Å². The zero-order valence-corrected chi connectivity index (χ0v) is 25.5. The molecule has 0 unspecified atom stereocenters. The van der Waals surface area contributed by atoms with Crippen LogP contribution in [0, 0.1) is 0 Å². The van der Waals surface area contributed by atoms with Gasteiger partial charge in [0.05, 0.1) is 32.5 Å². The molecule has 0 aliphatic carbocycles. The number of nitrogens with one attached hydrogen (secondary N) is 1. The predicted molar refractivity (Wildman–Crippen MR) is 146 cm³/mol. The van der Waals surface area contributed by atoms with Crippen molar-refractivity contribution in [2.75, 3.05) is 26.4 Å². The summed E-state index contributed by atoms with van der Waals surface area (Å²) in [6, 6.07) is -1.64. The summed E-state index contributed by atoms with van der Waals surface area (Å²) in [6.07, 6.45) is -31.8. The monoisotopic (exact) mass is 693 g/mol. The van der Waals surface area contributed by atoms with Crippen molar-refractivity contribution in [3.8, 4) is 0 Å². The third-order valence-corrected chi connectivity index (χ3v) is 8.24. The third kappa shape index (κ3) is 9.09. The van der Waals surface area contributed by atoms with E-state index in [1.54, 1.807) is 0 Å². The zero-order valence-electron chi connectivity index (χ0n) is 25.5. The summed E-state index contributed by atoms with van der Waals surface area (Å²) in [5.74, 6) is -0.784. The molecule has 21 nitrogen and oxygen atoms in total. The van der Waals surface area contributed by atoms with Crippen LogP contribution in [0.1, 0.15) is 13.8 Å².